The summed E-state index contributed by atoms with van der Waals surface area (Å²) in [6.07, 6.45) is 3.84. The minimum Gasteiger partial charge on any atom is -0.467 e. The average molecular weight is 342 g/mol. The lowest BCUT2D eigenvalue weighted by Crippen LogP contribution is -2.44. The maximum atomic E-state index is 12.4. The molecule has 0 aliphatic carbocycles. The number of nitrogens with one attached hydrogen (secondary N) is 1. The normalized spacial score (nSPS) is 15.6. The lowest BCUT2D eigenvalue weighted by atomic mass is 10.0. The first-order chi connectivity index (χ1) is 12.0. The van der Waals surface area contributed by atoms with E-state index in [1.807, 2.05) is 44.3 Å². The van der Waals surface area contributed by atoms with Crippen molar-refractivity contribution < 1.29 is 19.1 Å². The fourth-order valence-electron chi connectivity index (χ4n) is 3.06. The molecule has 0 unspecified atom stereocenters. The van der Waals surface area contributed by atoms with E-state index < -0.39 is 12.0 Å². The molecule has 2 aromatic rings. The summed E-state index contributed by atoms with van der Waals surface area (Å²) >= 11 is 0. The molecule has 1 amide bonds. The van der Waals surface area contributed by atoms with E-state index in [9.17, 15) is 9.59 Å². The Labute approximate surface area is 146 Å². The van der Waals surface area contributed by atoms with Gasteiger partial charge in [0.25, 0.3) is 5.91 Å². The van der Waals surface area contributed by atoms with Gasteiger partial charge in [-0.2, -0.15) is 0 Å². The number of esters is 1. The summed E-state index contributed by atoms with van der Waals surface area (Å²) in [5.41, 5.74) is 0.964. The second-order valence-corrected chi connectivity index (χ2v) is 6.54. The number of methoxy groups -OCH3 is 1. The SMILES string of the molecule is COC(=O)[C@H](CC(C)C)N1CC(Oc2cccc3[nH]ccc23)=CC1=O. The Morgan fingerprint density at radius 2 is 2.12 bits per heavy atom. The molecule has 1 N–H and O–H groups in total. The number of amides is 1. The monoisotopic (exact) mass is 342 g/mol. The van der Waals surface area contributed by atoms with Crippen molar-refractivity contribution in [1.82, 2.24) is 9.88 Å². The number of aromatic nitrogens is 1. The minimum atomic E-state index is -0.599. The van der Waals surface area contributed by atoms with Gasteiger partial charge in [-0.3, -0.25) is 4.79 Å². The van der Waals surface area contributed by atoms with Gasteiger partial charge in [-0.05, 0) is 30.5 Å². The molecule has 1 atom stereocenters. The van der Waals surface area contributed by atoms with Gasteiger partial charge in [-0.1, -0.05) is 19.9 Å². The molecule has 1 aromatic carbocycles. The maximum absolute atomic E-state index is 12.4. The Kier molecular flexibility index (Phi) is 4.79. The van der Waals surface area contributed by atoms with E-state index in [-0.39, 0.29) is 18.4 Å². The number of H-pyrrole nitrogens is 1. The van der Waals surface area contributed by atoms with Crippen molar-refractivity contribution in [3.05, 3.63) is 42.3 Å². The maximum Gasteiger partial charge on any atom is 0.328 e. The number of benzene rings is 1. The molecule has 0 saturated carbocycles. The van der Waals surface area contributed by atoms with Crippen LogP contribution in [0.5, 0.6) is 5.75 Å². The zero-order chi connectivity index (χ0) is 18.0. The predicted molar refractivity (Wildman–Crippen MR) is 94.0 cm³/mol. The molecule has 3 rings (SSSR count). The Balaban J connectivity index is 1.77. The molecule has 0 radical (unpaired) electrons. The molecule has 0 spiro atoms. The summed E-state index contributed by atoms with van der Waals surface area (Å²) in [7, 11) is 1.34. The highest BCUT2D eigenvalue weighted by Crippen LogP contribution is 2.28. The van der Waals surface area contributed by atoms with Crippen LogP contribution in [0.1, 0.15) is 20.3 Å². The summed E-state index contributed by atoms with van der Waals surface area (Å²) < 4.78 is 10.8. The summed E-state index contributed by atoms with van der Waals surface area (Å²) in [4.78, 5) is 29.1. The number of aromatic amines is 1. The van der Waals surface area contributed by atoms with Crippen LogP contribution in [-0.2, 0) is 14.3 Å². The average Bonchev–Trinajstić information content (AvgIpc) is 3.19. The van der Waals surface area contributed by atoms with Crippen molar-refractivity contribution in [1.29, 1.82) is 0 Å². The highest BCUT2D eigenvalue weighted by molar-refractivity contribution is 5.94. The van der Waals surface area contributed by atoms with E-state index in [0.717, 1.165) is 10.9 Å². The number of hydrogen-bond acceptors (Lipinski definition) is 4. The number of fused-ring (bicyclic) bond motifs is 1. The molecular formula is C19H22N2O4. The second kappa shape index (κ2) is 7.01. The molecule has 1 aromatic heterocycles. The highest BCUT2D eigenvalue weighted by atomic mass is 16.5. The zero-order valence-corrected chi connectivity index (χ0v) is 14.6. The highest BCUT2D eigenvalue weighted by Gasteiger charge is 2.35. The van der Waals surface area contributed by atoms with Gasteiger partial charge in [0, 0.05) is 23.2 Å². The summed E-state index contributed by atoms with van der Waals surface area (Å²) in [5, 5.41) is 0.945. The largest absolute Gasteiger partial charge is 0.467 e. The Morgan fingerprint density at radius 3 is 2.84 bits per heavy atom. The molecular weight excluding hydrogens is 320 g/mol. The van der Waals surface area contributed by atoms with Gasteiger partial charge in [-0.25, -0.2) is 4.79 Å². The van der Waals surface area contributed by atoms with Gasteiger partial charge in [0.2, 0.25) is 0 Å². The van der Waals surface area contributed by atoms with Crippen molar-refractivity contribution in [2.45, 2.75) is 26.3 Å². The zero-order valence-electron chi connectivity index (χ0n) is 14.6. The summed E-state index contributed by atoms with van der Waals surface area (Å²) in [6, 6.07) is 7.03. The van der Waals surface area contributed by atoms with Gasteiger partial charge in [0.1, 0.15) is 17.6 Å². The number of carbonyl (C=O) groups is 2. The van der Waals surface area contributed by atoms with Gasteiger partial charge < -0.3 is 19.4 Å². The van der Waals surface area contributed by atoms with E-state index in [2.05, 4.69) is 4.98 Å². The van der Waals surface area contributed by atoms with Crippen LogP contribution in [-0.4, -0.2) is 41.5 Å². The quantitative estimate of drug-likeness (QED) is 0.820. The van der Waals surface area contributed by atoms with E-state index in [4.69, 9.17) is 9.47 Å². The first-order valence-electron chi connectivity index (χ1n) is 8.32. The molecule has 1 aliphatic heterocycles. The van der Waals surface area contributed by atoms with Crippen molar-refractivity contribution >= 4 is 22.8 Å². The molecule has 2 heterocycles. The molecule has 1 aliphatic rings. The summed E-state index contributed by atoms with van der Waals surface area (Å²) in [5.74, 6) is 0.835. The van der Waals surface area contributed by atoms with Gasteiger partial charge >= 0.3 is 5.97 Å². The number of rotatable bonds is 6. The first-order valence-corrected chi connectivity index (χ1v) is 8.32. The van der Waals surface area contributed by atoms with E-state index in [0.29, 0.717) is 17.9 Å². The van der Waals surface area contributed by atoms with Gasteiger partial charge in [0.05, 0.1) is 13.7 Å². The fraction of sp³-hybridized carbons (Fsp3) is 0.368. The number of ether oxygens (including phenoxy) is 2. The van der Waals surface area contributed by atoms with Crippen LogP contribution in [0.15, 0.2) is 42.3 Å². The van der Waals surface area contributed by atoms with Crippen molar-refractivity contribution in [3.8, 4) is 5.75 Å². The molecule has 0 bridgehead atoms. The first kappa shape index (κ1) is 17.1. The lowest BCUT2D eigenvalue weighted by molar-refractivity contribution is -0.151. The standard InChI is InChI=1S/C19H22N2O4/c1-12(2)9-16(19(23)24-3)21-11-13(10-18(21)22)25-17-6-4-5-15-14(17)7-8-20-15/h4-8,10,12,16,20H,9,11H2,1-3H3/t16-/m0/s1. The predicted octanol–water partition coefficient (Wildman–Crippen LogP) is 2.86. The number of hydrogen-bond donors (Lipinski definition) is 1. The van der Waals surface area contributed by atoms with E-state index in [1.54, 1.807) is 0 Å². The van der Waals surface area contributed by atoms with Crippen LogP contribution in [0, 0.1) is 5.92 Å². The molecule has 0 saturated heterocycles. The van der Waals surface area contributed by atoms with Crippen molar-refractivity contribution in [3.63, 3.8) is 0 Å². The topological polar surface area (TPSA) is 71.6 Å². The Hall–Kier alpha value is -2.76. The number of carbonyl (C=O) groups excluding carboxylic acids is 2. The molecule has 132 valence electrons. The lowest BCUT2D eigenvalue weighted by Gasteiger charge is -2.27. The fourth-order valence-corrected chi connectivity index (χ4v) is 3.06. The van der Waals surface area contributed by atoms with Crippen LogP contribution in [0.25, 0.3) is 10.9 Å². The third-order valence-corrected chi connectivity index (χ3v) is 4.23. The van der Waals surface area contributed by atoms with Gasteiger partial charge in [0.15, 0.2) is 0 Å². The smallest absolute Gasteiger partial charge is 0.328 e. The molecule has 25 heavy (non-hydrogen) atoms. The minimum absolute atomic E-state index is 0.229. The summed E-state index contributed by atoms with van der Waals surface area (Å²) in [6.45, 7) is 4.27. The third kappa shape index (κ3) is 3.52. The Morgan fingerprint density at radius 1 is 1.32 bits per heavy atom. The third-order valence-electron chi connectivity index (χ3n) is 4.23. The van der Waals surface area contributed by atoms with Crippen LogP contribution in [0.3, 0.4) is 0 Å². The molecule has 6 nitrogen and oxygen atoms in total. The van der Waals surface area contributed by atoms with Crippen LogP contribution >= 0.6 is 0 Å². The molecule has 6 heteroatoms. The molecule has 0 fully saturated rings. The van der Waals surface area contributed by atoms with E-state index >= 15 is 0 Å². The van der Waals surface area contributed by atoms with Crippen molar-refractivity contribution in [2.75, 3.05) is 13.7 Å². The Bertz CT molecular complexity index is 822. The second-order valence-electron chi connectivity index (χ2n) is 6.54. The van der Waals surface area contributed by atoms with E-state index in [1.165, 1.54) is 18.1 Å². The van der Waals surface area contributed by atoms with Crippen LogP contribution in [0.4, 0.5) is 0 Å². The van der Waals surface area contributed by atoms with Crippen molar-refractivity contribution in [2.24, 2.45) is 5.92 Å². The van der Waals surface area contributed by atoms with Crippen LogP contribution < -0.4 is 4.74 Å². The van der Waals surface area contributed by atoms with Crippen LogP contribution in [0.2, 0.25) is 0 Å². The van der Waals surface area contributed by atoms with Gasteiger partial charge in [-0.15, -0.1) is 0 Å². The number of nitrogens with zero attached hydrogens (tertiary/aromatic N) is 1.